The van der Waals surface area contributed by atoms with Crippen LogP contribution in [0.25, 0.3) is 0 Å². The molecule has 1 saturated heterocycles. The molecule has 3 rings (SSSR count). The number of rotatable bonds is 7. The van der Waals surface area contributed by atoms with Crippen LogP contribution in [0, 0.1) is 12.8 Å². The number of aromatic nitrogens is 2. The number of hydrogen-bond donors (Lipinski definition) is 0. The Labute approximate surface area is 139 Å². The number of hydrogen-bond acceptors (Lipinski definition) is 3. The van der Waals surface area contributed by atoms with E-state index in [0.29, 0.717) is 0 Å². The van der Waals surface area contributed by atoms with Crippen LogP contribution in [0.4, 0.5) is 5.69 Å². The second-order valence-electron chi connectivity index (χ2n) is 6.72. The molecule has 0 spiro atoms. The maximum absolute atomic E-state index is 4.28. The van der Waals surface area contributed by atoms with Crippen LogP contribution >= 0.6 is 0 Å². The van der Waals surface area contributed by atoms with Crippen molar-refractivity contribution in [2.75, 3.05) is 38.1 Å². The van der Waals surface area contributed by atoms with Crippen LogP contribution < -0.4 is 4.90 Å². The first-order valence-electron chi connectivity index (χ1n) is 8.68. The van der Waals surface area contributed by atoms with E-state index < -0.39 is 0 Å². The van der Waals surface area contributed by atoms with E-state index in [9.17, 15) is 0 Å². The third kappa shape index (κ3) is 4.35. The summed E-state index contributed by atoms with van der Waals surface area (Å²) >= 11 is 0. The number of para-hydroxylation sites is 1. The summed E-state index contributed by atoms with van der Waals surface area (Å²) in [5.74, 6) is 1.90. The van der Waals surface area contributed by atoms with Crippen molar-refractivity contribution >= 4 is 5.69 Å². The zero-order chi connectivity index (χ0) is 16.1. The molecule has 4 nitrogen and oxygen atoms in total. The Morgan fingerprint density at radius 1 is 1.26 bits per heavy atom. The fourth-order valence-corrected chi connectivity index (χ4v) is 3.54. The normalized spacial score (nSPS) is 18.0. The van der Waals surface area contributed by atoms with Crippen molar-refractivity contribution in [1.82, 2.24) is 14.5 Å². The first-order chi connectivity index (χ1) is 11.2. The lowest BCUT2D eigenvalue weighted by Gasteiger charge is -2.22. The number of benzene rings is 1. The van der Waals surface area contributed by atoms with Crippen molar-refractivity contribution in [2.24, 2.45) is 5.92 Å². The minimum Gasteiger partial charge on any atom is -0.371 e. The lowest BCUT2D eigenvalue weighted by molar-refractivity contribution is 0.278. The Kier molecular flexibility index (Phi) is 5.34. The largest absolute Gasteiger partial charge is 0.371 e. The summed E-state index contributed by atoms with van der Waals surface area (Å²) < 4.78 is 2.24. The molecule has 2 heterocycles. The van der Waals surface area contributed by atoms with Crippen LogP contribution in [0.15, 0.2) is 42.7 Å². The van der Waals surface area contributed by atoms with Crippen LogP contribution in [-0.2, 0) is 6.54 Å². The van der Waals surface area contributed by atoms with Gasteiger partial charge in [0, 0.05) is 44.3 Å². The van der Waals surface area contributed by atoms with Gasteiger partial charge in [-0.25, -0.2) is 4.98 Å². The highest BCUT2D eigenvalue weighted by Crippen LogP contribution is 2.23. The van der Waals surface area contributed by atoms with E-state index in [1.807, 2.05) is 6.20 Å². The number of imidazole rings is 1. The molecule has 0 saturated carbocycles. The highest BCUT2D eigenvalue weighted by atomic mass is 15.2. The van der Waals surface area contributed by atoms with Gasteiger partial charge in [-0.05, 0) is 51.4 Å². The van der Waals surface area contributed by atoms with Gasteiger partial charge in [0.15, 0.2) is 0 Å². The molecule has 0 aliphatic carbocycles. The van der Waals surface area contributed by atoms with Crippen LogP contribution in [0.1, 0.15) is 18.7 Å². The quantitative estimate of drug-likeness (QED) is 0.785. The highest BCUT2D eigenvalue weighted by molar-refractivity contribution is 5.46. The molecule has 0 unspecified atom stereocenters. The molecule has 2 aromatic rings. The molecule has 1 atom stereocenters. The van der Waals surface area contributed by atoms with Crippen LogP contribution in [0.3, 0.4) is 0 Å². The van der Waals surface area contributed by atoms with Gasteiger partial charge < -0.3 is 14.4 Å². The zero-order valence-electron chi connectivity index (χ0n) is 14.4. The van der Waals surface area contributed by atoms with Crippen molar-refractivity contribution in [3.8, 4) is 0 Å². The lowest BCUT2D eigenvalue weighted by atomic mass is 10.1. The van der Waals surface area contributed by atoms with Gasteiger partial charge in [0.05, 0.1) is 0 Å². The molecule has 1 aromatic heterocycles. The molecular weight excluding hydrogens is 284 g/mol. The maximum Gasteiger partial charge on any atom is 0.105 e. The Morgan fingerprint density at radius 2 is 2.09 bits per heavy atom. The minimum atomic E-state index is 0.787. The third-order valence-electron chi connectivity index (χ3n) is 4.84. The van der Waals surface area contributed by atoms with E-state index in [1.54, 1.807) is 0 Å². The summed E-state index contributed by atoms with van der Waals surface area (Å²) in [6.45, 7) is 7.87. The first kappa shape index (κ1) is 16.1. The smallest absolute Gasteiger partial charge is 0.105 e. The van der Waals surface area contributed by atoms with Gasteiger partial charge in [-0.1, -0.05) is 18.2 Å². The second kappa shape index (κ2) is 7.64. The molecule has 0 radical (unpaired) electrons. The fourth-order valence-electron chi connectivity index (χ4n) is 3.54. The lowest BCUT2D eigenvalue weighted by Crippen LogP contribution is -2.29. The SMILES string of the molecule is Cc1nccn1CCCN(C)C[C@H]1CCN(c2ccccc2)C1. The maximum atomic E-state index is 4.28. The van der Waals surface area contributed by atoms with Crippen molar-refractivity contribution in [2.45, 2.75) is 26.3 Å². The Hall–Kier alpha value is -1.81. The number of nitrogens with zero attached hydrogens (tertiary/aromatic N) is 4. The van der Waals surface area contributed by atoms with Crippen molar-refractivity contribution in [3.63, 3.8) is 0 Å². The molecular formula is C19H28N4. The predicted octanol–water partition coefficient (Wildman–Crippen LogP) is 3.04. The summed E-state index contributed by atoms with van der Waals surface area (Å²) in [6, 6.07) is 10.8. The molecule has 0 bridgehead atoms. The van der Waals surface area contributed by atoms with Crippen molar-refractivity contribution < 1.29 is 0 Å². The molecule has 124 valence electrons. The summed E-state index contributed by atoms with van der Waals surface area (Å²) in [7, 11) is 2.26. The minimum absolute atomic E-state index is 0.787. The third-order valence-corrected chi connectivity index (χ3v) is 4.84. The molecule has 1 aliphatic rings. The molecule has 1 aromatic carbocycles. The second-order valence-corrected chi connectivity index (χ2v) is 6.72. The summed E-state index contributed by atoms with van der Waals surface area (Å²) in [4.78, 5) is 9.29. The molecule has 1 aliphatic heterocycles. The van der Waals surface area contributed by atoms with Crippen molar-refractivity contribution in [3.05, 3.63) is 48.5 Å². The first-order valence-corrected chi connectivity index (χ1v) is 8.68. The molecule has 0 N–H and O–H groups in total. The molecule has 23 heavy (non-hydrogen) atoms. The Balaban J connectivity index is 1.39. The fraction of sp³-hybridized carbons (Fsp3) is 0.526. The van der Waals surface area contributed by atoms with Gasteiger partial charge in [0.2, 0.25) is 0 Å². The van der Waals surface area contributed by atoms with E-state index in [1.165, 1.54) is 38.2 Å². The van der Waals surface area contributed by atoms with Gasteiger partial charge in [0.1, 0.15) is 5.82 Å². The average molecular weight is 312 g/mol. The zero-order valence-corrected chi connectivity index (χ0v) is 14.4. The van der Waals surface area contributed by atoms with Crippen LogP contribution in [-0.4, -0.2) is 47.7 Å². The van der Waals surface area contributed by atoms with Gasteiger partial charge in [-0.3, -0.25) is 0 Å². The van der Waals surface area contributed by atoms with Gasteiger partial charge in [-0.2, -0.15) is 0 Å². The van der Waals surface area contributed by atoms with Gasteiger partial charge >= 0.3 is 0 Å². The van der Waals surface area contributed by atoms with E-state index >= 15 is 0 Å². The highest BCUT2D eigenvalue weighted by Gasteiger charge is 2.23. The van der Waals surface area contributed by atoms with Crippen LogP contribution in [0.2, 0.25) is 0 Å². The Morgan fingerprint density at radius 3 is 2.83 bits per heavy atom. The van der Waals surface area contributed by atoms with E-state index in [4.69, 9.17) is 0 Å². The van der Waals surface area contributed by atoms with E-state index in [0.717, 1.165) is 24.8 Å². The summed E-state index contributed by atoms with van der Waals surface area (Å²) in [5, 5.41) is 0. The monoisotopic (exact) mass is 312 g/mol. The van der Waals surface area contributed by atoms with Crippen molar-refractivity contribution in [1.29, 1.82) is 0 Å². The topological polar surface area (TPSA) is 24.3 Å². The van der Waals surface area contributed by atoms with E-state index in [-0.39, 0.29) is 0 Å². The predicted molar refractivity (Wildman–Crippen MR) is 95.8 cm³/mol. The Bertz CT molecular complexity index is 592. The molecule has 1 fully saturated rings. The summed E-state index contributed by atoms with van der Waals surface area (Å²) in [6.07, 6.45) is 6.45. The summed E-state index contributed by atoms with van der Waals surface area (Å²) in [5.41, 5.74) is 1.37. The number of anilines is 1. The van der Waals surface area contributed by atoms with Gasteiger partial charge in [-0.15, -0.1) is 0 Å². The average Bonchev–Trinajstić information content (AvgIpc) is 3.18. The standard InChI is InChI=1S/C19H28N4/c1-17-20-10-14-22(17)12-6-11-21(2)15-18-9-13-23(16-18)19-7-4-3-5-8-19/h3-5,7-8,10,14,18H,6,9,11-13,15-16H2,1-2H3/t18-/m1/s1. The number of aryl methyl sites for hydroxylation is 2. The molecule has 0 amide bonds. The van der Waals surface area contributed by atoms with Crippen LogP contribution in [0.5, 0.6) is 0 Å². The van der Waals surface area contributed by atoms with Gasteiger partial charge in [0.25, 0.3) is 0 Å². The van der Waals surface area contributed by atoms with E-state index in [2.05, 4.69) is 69.9 Å². The molecule has 4 heteroatoms.